The van der Waals surface area contributed by atoms with Crippen molar-refractivity contribution >= 4 is 23.5 Å². The summed E-state index contributed by atoms with van der Waals surface area (Å²) in [7, 11) is 0. The van der Waals surface area contributed by atoms with Crippen LogP contribution in [-0.4, -0.2) is 55.1 Å². The monoisotopic (exact) mass is 318 g/mol. The summed E-state index contributed by atoms with van der Waals surface area (Å²) in [5.74, 6) is -7.33. The Balaban J connectivity index is 5.91. The standard InChI is InChI=1S/C14H22O8/c1-3-5-7-9(15)13(21,11(17)18)14(22,12(19)20)10(16)8-6-4-2/h21-22H,3-8H2,1-2H3,(H,17,18)(H,19,20)/t13-,14-/m1/s1. The fourth-order valence-electron chi connectivity index (χ4n) is 1.99. The van der Waals surface area contributed by atoms with Crippen molar-refractivity contribution in [2.24, 2.45) is 0 Å². The second-order valence-electron chi connectivity index (χ2n) is 5.08. The van der Waals surface area contributed by atoms with Gasteiger partial charge in [-0.1, -0.05) is 26.7 Å². The van der Waals surface area contributed by atoms with Crippen molar-refractivity contribution in [1.29, 1.82) is 0 Å². The smallest absolute Gasteiger partial charge is 0.347 e. The van der Waals surface area contributed by atoms with E-state index in [9.17, 15) is 29.4 Å². The van der Waals surface area contributed by atoms with E-state index in [1.54, 1.807) is 13.8 Å². The normalized spacial score (nSPS) is 16.4. The summed E-state index contributed by atoms with van der Waals surface area (Å²) in [6.45, 7) is 3.39. The van der Waals surface area contributed by atoms with Crippen molar-refractivity contribution in [3.63, 3.8) is 0 Å². The average Bonchev–Trinajstić information content (AvgIpc) is 2.47. The molecule has 0 aliphatic carbocycles. The molecular weight excluding hydrogens is 296 g/mol. The van der Waals surface area contributed by atoms with E-state index in [4.69, 9.17) is 10.2 Å². The Hall–Kier alpha value is -1.80. The number of hydrogen-bond acceptors (Lipinski definition) is 6. The zero-order valence-electron chi connectivity index (χ0n) is 12.7. The molecule has 0 amide bonds. The number of aliphatic hydroxyl groups is 2. The van der Waals surface area contributed by atoms with Crippen LogP contribution >= 0.6 is 0 Å². The SMILES string of the molecule is CCCCC(=O)[C@@](O)(C(=O)O)[C@](O)(C(=O)O)C(=O)CCCC. The van der Waals surface area contributed by atoms with Gasteiger partial charge in [0.1, 0.15) is 0 Å². The lowest BCUT2D eigenvalue weighted by molar-refractivity contribution is -0.207. The van der Waals surface area contributed by atoms with Gasteiger partial charge in [0.2, 0.25) is 0 Å². The molecule has 0 heterocycles. The van der Waals surface area contributed by atoms with E-state index in [0.717, 1.165) is 0 Å². The van der Waals surface area contributed by atoms with Gasteiger partial charge in [0.25, 0.3) is 11.2 Å². The minimum Gasteiger partial charge on any atom is -0.479 e. The summed E-state index contributed by atoms with van der Waals surface area (Å²) in [6.07, 6.45) is 0.417. The van der Waals surface area contributed by atoms with Gasteiger partial charge in [-0.05, 0) is 12.8 Å². The molecule has 0 aromatic rings. The van der Waals surface area contributed by atoms with Crippen LogP contribution in [-0.2, 0) is 19.2 Å². The number of Topliss-reactive ketones (excluding diaryl/α,β-unsaturated/α-hetero) is 2. The van der Waals surface area contributed by atoms with Crippen LogP contribution in [0.25, 0.3) is 0 Å². The molecule has 0 aliphatic heterocycles. The number of unbranched alkanes of at least 4 members (excludes halogenated alkanes) is 2. The molecule has 0 radical (unpaired) electrons. The number of carboxylic acids is 2. The summed E-state index contributed by atoms with van der Waals surface area (Å²) in [5, 5.41) is 38.5. The Kier molecular flexibility index (Phi) is 7.34. The molecule has 0 spiro atoms. The van der Waals surface area contributed by atoms with E-state index in [0.29, 0.717) is 12.8 Å². The first-order valence-electron chi connectivity index (χ1n) is 7.08. The zero-order valence-corrected chi connectivity index (χ0v) is 12.7. The van der Waals surface area contributed by atoms with Crippen molar-refractivity contribution in [1.82, 2.24) is 0 Å². The molecule has 8 nitrogen and oxygen atoms in total. The van der Waals surface area contributed by atoms with E-state index in [2.05, 4.69) is 0 Å². The number of aliphatic carboxylic acids is 2. The quantitative estimate of drug-likeness (QED) is 0.393. The van der Waals surface area contributed by atoms with Gasteiger partial charge < -0.3 is 20.4 Å². The summed E-state index contributed by atoms with van der Waals surface area (Å²) >= 11 is 0. The van der Waals surface area contributed by atoms with E-state index >= 15 is 0 Å². The summed E-state index contributed by atoms with van der Waals surface area (Å²) in [5.41, 5.74) is -7.42. The highest BCUT2D eigenvalue weighted by atomic mass is 16.5. The number of rotatable bonds is 11. The molecule has 0 saturated carbocycles. The van der Waals surface area contributed by atoms with Crippen LogP contribution in [0.5, 0.6) is 0 Å². The maximum atomic E-state index is 12.0. The van der Waals surface area contributed by atoms with Gasteiger partial charge in [0.15, 0.2) is 11.6 Å². The molecule has 2 atom stereocenters. The second kappa shape index (κ2) is 8.00. The van der Waals surface area contributed by atoms with Crippen molar-refractivity contribution in [2.75, 3.05) is 0 Å². The molecule has 0 aromatic heterocycles. The highest BCUT2D eigenvalue weighted by molar-refractivity contribution is 6.21. The van der Waals surface area contributed by atoms with Crippen LogP contribution in [0.4, 0.5) is 0 Å². The van der Waals surface area contributed by atoms with Gasteiger partial charge >= 0.3 is 11.9 Å². The number of hydrogen-bond donors (Lipinski definition) is 4. The molecule has 22 heavy (non-hydrogen) atoms. The van der Waals surface area contributed by atoms with Gasteiger partial charge in [-0.3, -0.25) is 9.59 Å². The third-order valence-corrected chi connectivity index (χ3v) is 3.46. The minimum atomic E-state index is -3.71. The molecule has 8 heteroatoms. The van der Waals surface area contributed by atoms with Crippen LogP contribution in [0.3, 0.4) is 0 Å². The number of carbonyl (C=O) groups excluding carboxylic acids is 2. The summed E-state index contributed by atoms with van der Waals surface area (Å²) < 4.78 is 0. The Morgan fingerprint density at radius 3 is 1.18 bits per heavy atom. The number of carbonyl (C=O) groups is 4. The van der Waals surface area contributed by atoms with E-state index in [1.165, 1.54) is 0 Å². The van der Waals surface area contributed by atoms with E-state index in [1.807, 2.05) is 0 Å². The van der Waals surface area contributed by atoms with Crippen LogP contribution < -0.4 is 0 Å². The lowest BCUT2D eigenvalue weighted by Gasteiger charge is -2.34. The third kappa shape index (κ3) is 3.50. The lowest BCUT2D eigenvalue weighted by Crippen LogP contribution is -2.71. The molecular formula is C14H22O8. The van der Waals surface area contributed by atoms with Gasteiger partial charge in [-0.25, -0.2) is 9.59 Å². The predicted octanol–water partition coefficient (Wildman–Crippen LogP) is 0.136. The topological polar surface area (TPSA) is 149 Å². The Labute approximate surface area is 127 Å². The third-order valence-electron chi connectivity index (χ3n) is 3.46. The maximum absolute atomic E-state index is 12.0. The van der Waals surface area contributed by atoms with Crippen molar-refractivity contribution in [3.8, 4) is 0 Å². The number of ketones is 2. The Bertz CT molecular complexity index is 416. The highest BCUT2D eigenvalue weighted by Crippen LogP contribution is 2.30. The van der Waals surface area contributed by atoms with Crippen LogP contribution in [0.15, 0.2) is 0 Å². The minimum absolute atomic E-state index is 0.188. The number of carboxylic acid groups (broad SMARTS) is 2. The molecule has 0 saturated heterocycles. The van der Waals surface area contributed by atoms with Crippen molar-refractivity contribution in [3.05, 3.63) is 0 Å². The maximum Gasteiger partial charge on any atom is 0.347 e. The first kappa shape index (κ1) is 20.2. The van der Waals surface area contributed by atoms with Gasteiger partial charge in [0, 0.05) is 12.8 Å². The summed E-state index contributed by atoms with van der Waals surface area (Å²) in [6, 6.07) is 0. The van der Waals surface area contributed by atoms with Crippen LogP contribution in [0.1, 0.15) is 52.4 Å². The molecule has 0 unspecified atom stereocenters. The molecule has 0 rings (SSSR count). The van der Waals surface area contributed by atoms with Crippen LogP contribution in [0.2, 0.25) is 0 Å². The zero-order chi connectivity index (χ0) is 17.6. The Morgan fingerprint density at radius 2 is 1.00 bits per heavy atom. The van der Waals surface area contributed by atoms with Gasteiger partial charge in [-0.2, -0.15) is 0 Å². The van der Waals surface area contributed by atoms with Crippen molar-refractivity contribution < 1.29 is 39.6 Å². The predicted molar refractivity (Wildman–Crippen MR) is 74.2 cm³/mol. The molecule has 0 bridgehead atoms. The highest BCUT2D eigenvalue weighted by Gasteiger charge is 2.68. The first-order chi connectivity index (χ1) is 10.1. The molecule has 0 aromatic carbocycles. The Morgan fingerprint density at radius 1 is 0.727 bits per heavy atom. The first-order valence-corrected chi connectivity index (χ1v) is 7.08. The molecule has 0 aliphatic rings. The average molecular weight is 318 g/mol. The van der Waals surface area contributed by atoms with Crippen LogP contribution in [0, 0.1) is 0 Å². The largest absolute Gasteiger partial charge is 0.479 e. The van der Waals surface area contributed by atoms with E-state index < -0.39 is 47.5 Å². The van der Waals surface area contributed by atoms with Gasteiger partial charge in [0.05, 0.1) is 0 Å². The lowest BCUT2D eigenvalue weighted by atomic mass is 9.74. The van der Waals surface area contributed by atoms with Crippen molar-refractivity contribution in [2.45, 2.75) is 63.6 Å². The molecule has 0 fully saturated rings. The van der Waals surface area contributed by atoms with E-state index in [-0.39, 0.29) is 12.8 Å². The molecule has 126 valence electrons. The second-order valence-corrected chi connectivity index (χ2v) is 5.08. The molecule has 4 N–H and O–H groups in total. The van der Waals surface area contributed by atoms with Gasteiger partial charge in [-0.15, -0.1) is 0 Å². The summed E-state index contributed by atoms with van der Waals surface area (Å²) in [4.78, 5) is 46.6. The fourth-order valence-corrected chi connectivity index (χ4v) is 1.99. The fraction of sp³-hybridized carbons (Fsp3) is 0.714.